The number of nitrogens with one attached hydrogen (secondary N) is 1. The Hall–Kier alpha value is -2.22. The smallest absolute Gasteiger partial charge is 0.230 e. The molecule has 2 fully saturated rings. The van der Waals surface area contributed by atoms with Crippen LogP contribution in [0, 0.1) is 0 Å². The molecule has 0 spiro atoms. The minimum absolute atomic E-state index is 0.0271. The lowest BCUT2D eigenvalue weighted by atomic mass is 10.2. The predicted molar refractivity (Wildman–Crippen MR) is 100 cm³/mol. The van der Waals surface area contributed by atoms with Crippen molar-refractivity contribution in [3.63, 3.8) is 0 Å². The van der Waals surface area contributed by atoms with Gasteiger partial charge in [0.2, 0.25) is 5.91 Å². The van der Waals surface area contributed by atoms with Gasteiger partial charge in [0.1, 0.15) is 18.5 Å². The maximum absolute atomic E-state index is 12.3. The summed E-state index contributed by atoms with van der Waals surface area (Å²) < 4.78 is 13.8. The number of benzene rings is 1. The Bertz CT molecular complexity index is 847. The quantitative estimate of drug-likeness (QED) is 0.737. The molecule has 2 aliphatic carbocycles. The van der Waals surface area contributed by atoms with Gasteiger partial charge in [0.25, 0.3) is 0 Å². The minimum atomic E-state index is -0.176. The molecule has 8 heteroatoms. The molecule has 2 aromatic rings. The number of aromatic nitrogens is 3. The van der Waals surface area contributed by atoms with Crippen LogP contribution in [-0.4, -0.2) is 45.7 Å². The fourth-order valence-corrected chi connectivity index (χ4v) is 4.10. The van der Waals surface area contributed by atoms with E-state index in [0.29, 0.717) is 30.9 Å². The molecule has 1 aliphatic heterocycles. The summed E-state index contributed by atoms with van der Waals surface area (Å²) >= 11 is 1.47. The molecule has 0 radical (unpaired) electrons. The number of ether oxygens (including phenoxy) is 2. The molecular formula is C19H22N4O3S. The molecule has 1 amide bonds. The first-order valence-corrected chi connectivity index (χ1v) is 10.5. The fraction of sp³-hybridized carbons (Fsp3) is 0.526. The molecule has 2 heterocycles. The van der Waals surface area contributed by atoms with Crippen LogP contribution in [0.15, 0.2) is 29.4 Å². The molecule has 5 rings (SSSR count). The summed E-state index contributed by atoms with van der Waals surface area (Å²) in [5.74, 6) is 3.48. The number of carbonyl (C=O) groups is 1. The number of hydrogen-bond acceptors (Lipinski definition) is 6. The molecule has 1 N–H and O–H groups in total. The van der Waals surface area contributed by atoms with Gasteiger partial charge in [0.15, 0.2) is 16.7 Å². The summed E-state index contributed by atoms with van der Waals surface area (Å²) in [6, 6.07) is 8.12. The van der Waals surface area contributed by atoms with E-state index >= 15 is 0 Å². The third-order valence-electron chi connectivity index (χ3n) is 4.97. The second kappa shape index (κ2) is 7.07. The van der Waals surface area contributed by atoms with Crippen molar-refractivity contribution in [2.45, 2.75) is 48.9 Å². The maximum atomic E-state index is 12.3. The first-order chi connectivity index (χ1) is 13.3. The van der Waals surface area contributed by atoms with Crippen molar-refractivity contribution in [3.05, 3.63) is 30.1 Å². The topological polar surface area (TPSA) is 78.3 Å². The molecule has 0 bridgehead atoms. The van der Waals surface area contributed by atoms with Gasteiger partial charge in [-0.25, -0.2) is 0 Å². The monoisotopic (exact) mass is 386 g/mol. The number of carbonyl (C=O) groups excluding carboxylic acids is 1. The van der Waals surface area contributed by atoms with Gasteiger partial charge in [-0.1, -0.05) is 23.9 Å². The van der Waals surface area contributed by atoms with E-state index in [1.807, 2.05) is 24.3 Å². The molecule has 27 heavy (non-hydrogen) atoms. The van der Waals surface area contributed by atoms with Crippen LogP contribution in [0.3, 0.4) is 0 Å². The van der Waals surface area contributed by atoms with Gasteiger partial charge < -0.3 is 19.4 Å². The first-order valence-electron chi connectivity index (χ1n) is 9.50. The van der Waals surface area contributed by atoms with Gasteiger partial charge in [-0.3, -0.25) is 4.79 Å². The SMILES string of the molecule is O=C(CSc1nnc(C2CC2)n1C1CC1)NC[C@@H]1COc2ccccc2O1. The van der Waals surface area contributed by atoms with Gasteiger partial charge in [-0.2, -0.15) is 0 Å². The summed E-state index contributed by atoms with van der Waals surface area (Å²) in [5.41, 5.74) is 0. The Morgan fingerprint density at radius 2 is 2.00 bits per heavy atom. The Morgan fingerprint density at radius 1 is 1.19 bits per heavy atom. The van der Waals surface area contributed by atoms with E-state index < -0.39 is 0 Å². The van der Waals surface area contributed by atoms with Crippen molar-refractivity contribution in [2.24, 2.45) is 0 Å². The van der Waals surface area contributed by atoms with Gasteiger partial charge >= 0.3 is 0 Å². The highest BCUT2D eigenvalue weighted by Gasteiger charge is 2.36. The van der Waals surface area contributed by atoms with Crippen LogP contribution in [0.5, 0.6) is 11.5 Å². The highest BCUT2D eigenvalue weighted by Crippen LogP contribution is 2.45. The number of para-hydroxylation sites is 2. The van der Waals surface area contributed by atoms with Crippen LogP contribution in [0.1, 0.15) is 43.5 Å². The molecule has 0 saturated heterocycles. The van der Waals surface area contributed by atoms with Crippen molar-refractivity contribution in [3.8, 4) is 11.5 Å². The third kappa shape index (κ3) is 3.76. The molecular weight excluding hydrogens is 364 g/mol. The van der Waals surface area contributed by atoms with Crippen molar-refractivity contribution in [1.82, 2.24) is 20.1 Å². The Morgan fingerprint density at radius 3 is 2.78 bits per heavy atom. The van der Waals surface area contributed by atoms with E-state index in [1.165, 1.54) is 37.4 Å². The zero-order chi connectivity index (χ0) is 18.2. The largest absolute Gasteiger partial charge is 0.486 e. The molecule has 7 nitrogen and oxygen atoms in total. The van der Waals surface area contributed by atoms with Crippen molar-refractivity contribution >= 4 is 17.7 Å². The van der Waals surface area contributed by atoms with E-state index in [-0.39, 0.29) is 12.0 Å². The third-order valence-corrected chi connectivity index (χ3v) is 5.92. The predicted octanol–water partition coefficient (Wildman–Crippen LogP) is 2.54. The number of nitrogens with zero attached hydrogens (tertiary/aromatic N) is 3. The molecule has 1 aromatic heterocycles. The van der Waals surface area contributed by atoms with Crippen molar-refractivity contribution in [1.29, 1.82) is 0 Å². The van der Waals surface area contributed by atoms with Crippen LogP contribution in [0.2, 0.25) is 0 Å². The van der Waals surface area contributed by atoms with Gasteiger partial charge in [-0.15, -0.1) is 10.2 Å². The fourth-order valence-electron chi connectivity index (χ4n) is 3.26. The van der Waals surface area contributed by atoms with E-state index in [9.17, 15) is 4.79 Å². The number of hydrogen-bond donors (Lipinski definition) is 1. The van der Waals surface area contributed by atoms with E-state index in [4.69, 9.17) is 9.47 Å². The zero-order valence-corrected chi connectivity index (χ0v) is 15.8. The summed E-state index contributed by atoms with van der Waals surface area (Å²) in [5, 5.41) is 12.5. The average Bonchev–Trinajstić information content (AvgIpc) is 3.63. The molecule has 3 aliphatic rings. The van der Waals surface area contributed by atoms with Crippen LogP contribution in [-0.2, 0) is 4.79 Å². The van der Waals surface area contributed by atoms with Crippen molar-refractivity contribution in [2.75, 3.05) is 18.9 Å². The lowest BCUT2D eigenvalue weighted by Crippen LogP contribution is -2.41. The normalized spacial score (nSPS) is 21.1. The van der Waals surface area contributed by atoms with Gasteiger partial charge in [0, 0.05) is 12.0 Å². The zero-order valence-electron chi connectivity index (χ0n) is 15.0. The number of amides is 1. The lowest BCUT2D eigenvalue weighted by molar-refractivity contribution is -0.119. The van der Waals surface area contributed by atoms with E-state index in [1.54, 1.807) is 0 Å². The van der Waals surface area contributed by atoms with E-state index in [0.717, 1.165) is 22.5 Å². The molecule has 1 atom stereocenters. The van der Waals surface area contributed by atoms with Crippen LogP contribution < -0.4 is 14.8 Å². The number of rotatable bonds is 7. The van der Waals surface area contributed by atoms with Crippen molar-refractivity contribution < 1.29 is 14.3 Å². The lowest BCUT2D eigenvalue weighted by Gasteiger charge is -2.26. The van der Waals surface area contributed by atoms with Gasteiger partial charge in [0.05, 0.1) is 12.3 Å². The molecule has 2 saturated carbocycles. The summed E-state index contributed by atoms with van der Waals surface area (Å²) in [4.78, 5) is 12.3. The highest BCUT2D eigenvalue weighted by molar-refractivity contribution is 7.99. The standard InChI is InChI=1S/C19H22N4O3S/c24-17(20-9-14-10-25-15-3-1-2-4-16(15)26-14)11-27-19-22-21-18(12-5-6-12)23(19)13-7-8-13/h1-4,12-14H,5-11H2,(H,20,24)/t14-/m1/s1. The van der Waals surface area contributed by atoms with Gasteiger partial charge in [-0.05, 0) is 37.8 Å². The summed E-state index contributed by atoms with van der Waals surface area (Å²) in [6.45, 7) is 0.863. The minimum Gasteiger partial charge on any atom is -0.486 e. The Kier molecular flexibility index (Phi) is 4.43. The highest BCUT2D eigenvalue weighted by atomic mass is 32.2. The van der Waals surface area contributed by atoms with Crippen LogP contribution >= 0.6 is 11.8 Å². The molecule has 0 unspecified atom stereocenters. The summed E-state index contributed by atoms with van der Waals surface area (Å²) in [7, 11) is 0. The van der Waals surface area contributed by atoms with Crippen LogP contribution in [0.4, 0.5) is 0 Å². The van der Waals surface area contributed by atoms with E-state index in [2.05, 4.69) is 20.1 Å². The average molecular weight is 386 g/mol. The Balaban J connectivity index is 1.12. The van der Waals surface area contributed by atoms with Crippen LogP contribution in [0.25, 0.3) is 0 Å². The second-order valence-electron chi connectivity index (χ2n) is 7.31. The molecule has 142 valence electrons. The Labute approximate surface area is 161 Å². The first kappa shape index (κ1) is 16.9. The maximum Gasteiger partial charge on any atom is 0.230 e. The molecule has 1 aromatic carbocycles. The number of thioether (sulfide) groups is 1. The number of fused-ring (bicyclic) bond motifs is 1. The summed E-state index contributed by atoms with van der Waals surface area (Å²) in [6.07, 6.45) is 4.63. The second-order valence-corrected chi connectivity index (χ2v) is 8.25.